The molecule has 5 heteroatoms. The number of ether oxygens (including phenoxy) is 2. The van der Waals surface area contributed by atoms with Gasteiger partial charge in [-0.15, -0.1) is 0 Å². The summed E-state index contributed by atoms with van der Waals surface area (Å²) in [4.78, 5) is 4.27. The van der Waals surface area contributed by atoms with Gasteiger partial charge >= 0.3 is 0 Å². The zero-order valence-corrected chi connectivity index (χ0v) is 15.2. The third-order valence-corrected chi connectivity index (χ3v) is 4.21. The molecule has 1 aliphatic heterocycles. The number of hydrogen-bond donors (Lipinski definition) is 2. The normalized spacial score (nSPS) is 17.8. The predicted octanol–water partition coefficient (Wildman–Crippen LogP) is 2.88. The van der Waals surface area contributed by atoms with Crippen molar-refractivity contribution in [2.24, 2.45) is 10.9 Å². The van der Waals surface area contributed by atoms with Crippen LogP contribution in [0.3, 0.4) is 0 Å². The molecule has 2 N–H and O–H groups in total. The van der Waals surface area contributed by atoms with Gasteiger partial charge in [0.2, 0.25) is 0 Å². The summed E-state index contributed by atoms with van der Waals surface area (Å²) in [6.45, 7) is 8.30. The SMILES string of the molecule is CCCCNC(=NC)NCc1ccc(C)cc1OCC1CCOC1. The van der Waals surface area contributed by atoms with E-state index in [1.807, 2.05) is 0 Å². The number of guanidine groups is 1. The highest BCUT2D eigenvalue weighted by molar-refractivity contribution is 5.79. The highest BCUT2D eigenvalue weighted by atomic mass is 16.5. The molecule has 0 aromatic heterocycles. The fourth-order valence-corrected chi connectivity index (χ4v) is 2.65. The van der Waals surface area contributed by atoms with Crippen LogP contribution in [0.4, 0.5) is 0 Å². The first-order valence-electron chi connectivity index (χ1n) is 8.97. The van der Waals surface area contributed by atoms with Crippen molar-refractivity contribution in [3.05, 3.63) is 29.3 Å². The molecule has 1 aliphatic rings. The Labute approximate surface area is 145 Å². The van der Waals surface area contributed by atoms with Crippen molar-refractivity contribution < 1.29 is 9.47 Å². The predicted molar refractivity (Wildman–Crippen MR) is 98.7 cm³/mol. The summed E-state index contributed by atoms with van der Waals surface area (Å²) < 4.78 is 11.5. The zero-order valence-electron chi connectivity index (χ0n) is 15.2. The molecule has 134 valence electrons. The Hall–Kier alpha value is -1.75. The summed E-state index contributed by atoms with van der Waals surface area (Å²) >= 11 is 0. The lowest BCUT2D eigenvalue weighted by molar-refractivity contribution is 0.166. The maximum absolute atomic E-state index is 6.09. The van der Waals surface area contributed by atoms with Gasteiger partial charge in [-0.25, -0.2) is 0 Å². The molecule has 2 rings (SSSR count). The van der Waals surface area contributed by atoms with Gasteiger partial charge in [-0.05, 0) is 31.4 Å². The van der Waals surface area contributed by atoms with Crippen molar-refractivity contribution in [3.8, 4) is 5.75 Å². The monoisotopic (exact) mass is 333 g/mol. The molecule has 0 bridgehead atoms. The molecule has 24 heavy (non-hydrogen) atoms. The lowest BCUT2D eigenvalue weighted by Crippen LogP contribution is -2.37. The lowest BCUT2D eigenvalue weighted by Gasteiger charge is -2.17. The Kier molecular flexibility index (Phi) is 7.89. The van der Waals surface area contributed by atoms with Gasteiger partial charge in [0, 0.05) is 38.2 Å². The van der Waals surface area contributed by atoms with Gasteiger partial charge in [0.25, 0.3) is 0 Å². The molecule has 0 saturated carbocycles. The number of rotatable bonds is 8. The van der Waals surface area contributed by atoms with E-state index in [9.17, 15) is 0 Å². The largest absolute Gasteiger partial charge is 0.493 e. The van der Waals surface area contributed by atoms with E-state index in [0.717, 1.165) is 56.5 Å². The Balaban J connectivity index is 1.90. The number of unbranched alkanes of at least 4 members (excludes halogenated alkanes) is 1. The second-order valence-electron chi connectivity index (χ2n) is 6.36. The number of nitrogens with zero attached hydrogens (tertiary/aromatic N) is 1. The van der Waals surface area contributed by atoms with Gasteiger partial charge in [0.15, 0.2) is 5.96 Å². The molecule has 5 nitrogen and oxygen atoms in total. The summed E-state index contributed by atoms with van der Waals surface area (Å²) in [6.07, 6.45) is 3.40. The molecule has 1 unspecified atom stereocenters. The van der Waals surface area contributed by atoms with Crippen LogP contribution in [0.5, 0.6) is 5.75 Å². The lowest BCUT2D eigenvalue weighted by atomic mass is 10.1. The minimum absolute atomic E-state index is 0.509. The van der Waals surface area contributed by atoms with E-state index in [-0.39, 0.29) is 0 Å². The van der Waals surface area contributed by atoms with E-state index < -0.39 is 0 Å². The first kappa shape index (κ1) is 18.6. The third-order valence-electron chi connectivity index (χ3n) is 4.21. The highest BCUT2D eigenvalue weighted by Crippen LogP contribution is 2.22. The molecule has 1 aromatic rings. The van der Waals surface area contributed by atoms with E-state index in [2.05, 4.69) is 47.7 Å². The van der Waals surface area contributed by atoms with Gasteiger partial charge in [-0.2, -0.15) is 0 Å². The molecule has 1 heterocycles. The second-order valence-corrected chi connectivity index (χ2v) is 6.36. The summed E-state index contributed by atoms with van der Waals surface area (Å²) in [7, 11) is 1.80. The molecule has 1 fully saturated rings. The average Bonchev–Trinajstić information content (AvgIpc) is 3.11. The van der Waals surface area contributed by atoms with E-state index in [0.29, 0.717) is 12.5 Å². The van der Waals surface area contributed by atoms with Gasteiger partial charge in [-0.3, -0.25) is 4.99 Å². The number of hydrogen-bond acceptors (Lipinski definition) is 3. The molecule has 0 aliphatic carbocycles. The quantitative estimate of drug-likeness (QED) is 0.436. The van der Waals surface area contributed by atoms with E-state index >= 15 is 0 Å². The van der Waals surface area contributed by atoms with Crippen molar-refractivity contribution in [2.45, 2.75) is 39.7 Å². The van der Waals surface area contributed by atoms with Crippen LogP contribution in [0.2, 0.25) is 0 Å². The minimum atomic E-state index is 0.509. The average molecular weight is 333 g/mol. The standard InChI is InChI=1S/C19H31N3O2/c1-4-5-9-21-19(20-3)22-12-17-7-6-15(2)11-18(17)24-14-16-8-10-23-13-16/h6-7,11,16H,4-5,8-10,12-14H2,1-3H3,(H2,20,21,22). The Morgan fingerprint density at radius 2 is 2.25 bits per heavy atom. The third kappa shape index (κ3) is 6.04. The van der Waals surface area contributed by atoms with Crippen LogP contribution in [-0.2, 0) is 11.3 Å². The fourth-order valence-electron chi connectivity index (χ4n) is 2.65. The van der Waals surface area contributed by atoms with Crippen molar-refractivity contribution >= 4 is 5.96 Å². The van der Waals surface area contributed by atoms with Crippen molar-refractivity contribution in [3.63, 3.8) is 0 Å². The molecular weight excluding hydrogens is 302 g/mol. The van der Waals surface area contributed by atoms with Crippen LogP contribution < -0.4 is 15.4 Å². The van der Waals surface area contributed by atoms with E-state index in [1.54, 1.807) is 7.05 Å². The molecule has 1 atom stereocenters. The molecule has 0 radical (unpaired) electrons. The van der Waals surface area contributed by atoms with Crippen LogP contribution >= 0.6 is 0 Å². The maximum atomic E-state index is 6.09. The van der Waals surface area contributed by atoms with E-state index in [1.165, 1.54) is 12.0 Å². The first-order chi connectivity index (χ1) is 11.7. The molecule has 0 spiro atoms. The summed E-state index contributed by atoms with van der Waals surface area (Å²) in [6, 6.07) is 6.36. The maximum Gasteiger partial charge on any atom is 0.191 e. The smallest absolute Gasteiger partial charge is 0.191 e. The molecule has 1 saturated heterocycles. The number of nitrogens with one attached hydrogen (secondary N) is 2. The van der Waals surface area contributed by atoms with Crippen LogP contribution in [0.25, 0.3) is 0 Å². The Morgan fingerprint density at radius 1 is 1.38 bits per heavy atom. The molecule has 1 aromatic carbocycles. The van der Waals surface area contributed by atoms with Crippen LogP contribution in [0, 0.1) is 12.8 Å². The summed E-state index contributed by atoms with van der Waals surface area (Å²) in [5.74, 6) is 2.30. The Morgan fingerprint density at radius 3 is 2.96 bits per heavy atom. The van der Waals surface area contributed by atoms with Crippen molar-refractivity contribution in [1.29, 1.82) is 0 Å². The van der Waals surface area contributed by atoms with Gasteiger partial charge < -0.3 is 20.1 Å². The fraction of sp³-hybridized carbons (Fsp3) is 0.632. The Bertz CT molecular complexity index is 525. The van der Waals surface area contributed by atoms with Crippen LogP contribution in [0.1, 0.15) is 37.3 Å². The summed E-state index contributed by atoms with van der Waals surface area (Å²) in [5.41, 5.74) is 2.36. The molecular formula is C19H31N3O2. The van der Waals surface area contributed by atoms with Crippen LogP contribution in [-0.4, -0.2) is 39.4 Å². The summed E-state index contributed by atoms with van der Waals surface area (Å²) in [5, 5.41) is 6.70. The first-order valence-corrected chi connectivity index (χ1v) is 8.97. The number of aliphatic imine (C=N–C) groups is 1. The van der Waals surface area contributed by atoms with Crippen molar-refractivity contribution in [2.75, 3.05) is 33.4 Å². The van der Waals surface area contributed by atoms with Gasteiger partial charge in [0.1, 0.15) is 5.75 Å². The minimum Gasteiger partial charge on any atom is -0.493 e. The number of benzene rings is 1. The second kappa shape index (κ2) is 10.2. The zero-order chi connectivity index (χ0) is 17.2. The highest BCUT2D eigenvalue weighted by Gasteiger charge is 2.17. The van der Waals surface area contributed by atoms with E-state index in [4.69, 9.17) is 9.47 Å². The topological polar surface area (TPSA) is 54.9 Å². The van der Waals surface area contributed by atoms with Gasteiger partial charge in [-0.1, -0.05) is 25.5 Å². The molecule has 0 amide bonds. The van der Waals surface area contributed by atoms with Crippen molar-refractivity contribution in [1.82, 2.24) is 10.6 Å². The van der Waals surface area contributed by atoms with Crippen LogP contribution in [0.15, 0.2) is 23.2 Å². The van der Waals surface area contributed by atoms with Gasteiger partial charge in [0.05, 0.1) is 13.2 Å². The number of aryl methyl sites for hydroxylation is 1.